The van der Waals surface area contributed by atoms with Crippen LogP contribution in [-0.4, -0.2) is 19.5 Å². The molecule has 1 atom stereocenters. The first kappa shape index (κ1) is 16.6. The summed E-state index contributed by atoms with van der Waals surface area (Å²) in [6.45, 7) is 2.42. The molecule has 4 heteroatoms. The fourth-order valence-electron chi connectivity index (χ4n) is 2.35. The van der Waals surface area contributed by atoms with Crippen LogP contribution in [-0.2, 0) is 4.79 Å². The molecule has 0 saturated heterocycles. The minimum Gasteiger partial charge on any atom is -0.365 e. The number of para-hydroxylation sites is 1. The molecule has 1 amide bonds. The van der Waals surface area contributed by atoms with E-state index >= 15 is 0 Å². The van der Waals surface area contributed by atoms with Crippen molar-refractivity contribution in [3.8, 4) is 0 Å². The highest BCUT2D eigenvalue weighted by molar-refractivity contribution is 9.10. The summed E-state index contributed by atoms with van der Waals surface area (Å²) in [6.07, 6.45) is 0.864. The molecule has 0 aliphatic rings. The van der Waals surface area contributed by atoms with Crippen molar-refractivity contribution in [2.45, 2.75) is 19.4 Å². The lowest BCUT2D eigenvalue weighted by Crippen LogP contribution is -2.37. The van der Waals surface area contributed by atoms with E-state index in [0.29, 0.717) is 6.54 Å². The van der Waals surface area contributed by atoms with Crippen LogP contribution in [0.4, 0.5) is 5.69 Å². The summed E-state index contributed by atoms with van der Waals surface area (Å²) >= 11 is 3.43. The zero-order valence-electron chi connectivity index (χ0n) is 12.9. The number of anilines is 1. The van der Waals surface area contributed by atoms with Crippen LogP contribution in [0.2, 0.25) is 0 Å². The molecule has 2 aromatic carbocycles. The molecule has 0 saturated carbocycles. The molecule has 116 valence electrons. The van der Waals surface area contributed by atoms with Crippen molar-refractivity contribution in [2.75, 3.05) is 18.5 Å². The van der Waals surface area contributed by atoms with Gasteiger partial charge in [0.25, 0.3) is 0 Å². The number of likely N-dealkylation sites (N-methyl/N-ethyl adjacent to an activating group) is 1. The summed E-state index contributed by atoms with van der Waals surface area (Å²) in [7, 11) is 1.93. The highest BCUT2D eigenvalue weighted by atomic mass is 79.9. The maximum Gasteiger partial charge on any atom is 0.239 e. The van der Waals surface area contributed by atoms with E-state index < -0.39 is 0 Å². The number of benzene rings is 2. The van der Waals surface area contributed by atoms with Crippen LogP contribution >= 0.6 is 15.9 Å². The fourth-order valence-corrected chi connectivity index (χ4v) is 2.61. The summed E-state index contributed by atoms with van der Waals surface area (Å²) in [4.78, 5) is 14.2. The van der Waals surface area contributed by atoms with Crippen molar-refractivity contribution < 1.29 is 4.79 Å². The van der Waals surface area contributed by atoms with Crippen LogP contribution in [0, 0.1) is 0 Å². The normalized spacial score (nSPS) is 11.8. The predicted octanol–water partition coefficient (Wildman–Crippen LogP) is 4.15. The molecular weight excluding hydrogens is 340 g/mol. The zero-order chi connectivity index (χ0) is 15.9. The lowest BCUT2D eigenvalue weighted by Gasteiger charge is -2.22. The monoisotopic (exact) mass is 360 g/mol. The molecule has 2 rings (SSSR count). The van der Waals surface area contributed by atoms with Gasteiger partial charge in [0.05, 0.1) is 12.6 Å². The second-order valence-electron chi connectivity index (χ2n) is 5.27. The molecule has 1 unspecified atom stereocenters. The van der Waals surface area contributed by atoms with Gasteiger partial charge in [0, 0.05) is 17.2 Å². The standard InChI is InChI=1S/C18H21BrN2O/c1-3-17(14-9-11-15(19)12-10-14)20-18(22)13-21(2)16-7-5-4-6-8-16/h4-12,17H,3,13H2,1-2H3,(H,20,22). The average Bonchev–Trinajstić information content (AvgIpc) is 2.54. The van der Waals surface area contributed by atoms with E-state index in [1.54, 1.807) is 0 Å². The summed E-state index contributed by atoms with van der Waals surface area (Å²) in [6, 6.07) is 18.0. The van der Waals surface area contributed by atoms with Gasteiger partial charge in [-0.3, -0.25) is 4.79 Å². The average molecular weight is 361 g/mol. The number of carbonyl (C=O) groups excluding carboxylic acids is 1. The Morgan fingerprint density at radius 2 is 1.77 bits per heavy atom. The third-order valence-corrected chi connectivity index (χ3v) is 4.12. The van der Waals surface area contributed by atoms with E-state index in [2.05, 4.69) is 28.2 Å². The van der Waals surface area contributed by atoms with E-state index in [1.165, 1.54) is 0 Å². The SMILES string of the molecule is CCC(NC(=O)CN(C)c1ccccc1)c1ccc(Br)cc1. The Morgan fingerprint density at radius 3 is 2.36 bits per heavy atom. The van der Waals surface area contributed by atoms with Gasteiger partial charge < -0.3 is 10.2 Å². The van der Waals surface area contributed by atoms with E-state index in [1.807, 2.05) is 66.5 Å². The number of carbonyl (C=O) groups is 1. The van der Waals surface area contributed by atoms with Crippen LogP contribution in [0.3, 0.4) is 0 Å². The molecule has 0 aliphatic carbocycles. The van der Waals surface area contributed by atoms with Gasteiger partial charge in [-0.1, -0.05) is 53.2 Å². The first-order valence-electron chi connectivity index (χ1n) is 7.41. The Hall–Kier alpha value is -1.81. The lowest BCUT2D eigenvalue weighted by atomic mass is 10.0. The molecule has 0 aliphatic heterocycles. The molecule has 0 spiro atoms. The maximum absolute atomic E-state index is 12.3. The Bertz CT molecular complexity index is 598. The maximum atomic E-state index is 12.3. The summed E-state index contributed by atoms with van der Waals surface area (Å²) in [5, 5.41) is 3.11. The molecule has 1 N–H and O–H groups in total. The zero-order valence-corrected chi connectivity index (χ0v) is 14.5. The highest BCUT2D eigenvalue weighted by Gasteiger charge is 2.14. The van der Waals surface area contributed by atoms with Gasteiger partial charge in [-0.25, -0.2) is 0 Å². The lowest BCUT2D eigenvalue weighted by molar-refractivity contribution is -0.120. The van der Waals surface area contributed by atoms with Gasteiger partial charge in [-0.2, -0.15) is 0 Å². The number of amides is 1. The van der Waals surface area contributed by atoms with E-state index in [4.69, 9.17) is 0 Å². The number of halogens is 1. The van der Waals surface area contributed by atoms with Crippen molar-refractivity contribution in [3.63, 3.8) is 0 Å². The van der Waals surface area contributed by atoms with Gasteiger partial charge in [-0.15, -0.1) is 0 Å². The minimum absolute atomic E-state index is 0.0288. The molecule has 2 aromatic rings. The van der Waals surface area contributed by atoms with Gasteiger partial charge in [0.2, 0.25) is 5.91 Å². The quantitative estimate of drug-likeness (QED) is 0.838. The molecule has 3 nitrogen and oxygen atoms in total. The van der Waals surface area contributed by atoms with Crippen molar-refractivity contribution in [2.24, 2.45) is 0 Å². The topological polar surface area (TPSA) is 32.3 Å². The fraction of sp³-hybridized carbons (Fsp3) is 0.278. The molecular formula is C18H21BrN2O. The van der Waals surface area contributed by atoms with Gasteiger partial charge in [-0.05, 0) is 36.2 Å². The number of nitrogens with one attached hydrogen (secondary N) is 1. The first-order valence-corrected chi connectivity index (χ1v) is 8.20. The number of hydrogen-bond donors (Lipinski definition) is 1. The number of rotatable bonds is 6. The molecule has 0 radical (unpaired) electrons. The van der Waals surface area contributed by atoms with Crippen LogP contribution in [0.25, 0.3) is 0 Å². The summed E-state index contributed by atoms with van der Waals surface area (Å²) in [5.74, 6) is 0.0288. The second-order valence-corrected chi connectivity index (χ2v) is 6.19. The van der Waals surface area contributed by atoms with Crippen molar-refractivity contribution in [1.29, 1.82) is 0 Å². The second kappa shape index (κ2) is 7.99. The van der Waals surface area contributed by atoms with Gasteiger partial charge in [0.15, 0.2) is 0 Å². The highest BCUT2D eigenvalue weighted by Crippen LogP contribution is 2.19. The molecule has 22 heavy (non-hydrogen) atoms. The van der Waals surface area contributed by atoms with Crippen molar-refractivity contribution >= 4 is 27.5 Å². The summed E-state index contributed by atoms with van der Waals surface area (Å²) in [5.41, 5.74) is 2.16. The largest absolute Gasteiger partial charge is 0.365 e. The van der Waals surface area contributed by atoms with Crippen molar-refractivity contribution in [1.82, 2.24) is 5.32 Å². The Morgan fingerprint density at radius 1 is 1.14 bits per heavy atom. The molecule has 0 fully saturated rings. The first-order chi connectivity index (χ1) is 10.6. The van der Waals surface area contributed by atoms with E-state index in [-0.39, 0.29) is 11.9 Å². The third-order valence-electron chi connectivity index (χ3n) is 3.59. The third kappa shape index (κ3) is 4.60. The predicted molar refractivity (Wildman–Crippen MR) is 95.0 cm³/mol. The summed E-state index contributed by atoms with van der Waals surface area (Å²) < 4.78 is 1.04. The van der Waals surface area contributed by atoms with Crippen molar-refractivity contribution in [3.05, 3.63) is 64.6 Å². The van der Waals surface area contributed by atoms with Crippen LogP contribution < -0.4 is 10.2 Å². The number of hydrogen-bond acceptors (Lipinski definition) is 2. The Kier molecular flexibility index (Phi) is 6.01. The molecule has 0 aromatic heterocycles. The van der Waals surface area contributed by atoms with Gasteiger partial charge in [0.1, 0.15) is 0 Å². The van der Waals surface area contributed by atoms with E-state index in [9.17, 15) is 4.79 Å². The van der Waals surface area contributed by atoms with Crippen LogP contribution in [0.5, 0.6) is 0 Å². The Balaban J connectivity index is 1.96. The Labute approximate surface area is 140 Å². The van der Waals surface area contributed by atoms with Crippen LogP contribution in [0.15, 0.2) is 59.1 Å². The molecule has 0 bridgehead atoms. The smallest absolute Gasteiger partial charge is 0.239 e. The minimum atomic E-state index is 0.0288. The van der Waals surface area contributed by atoms with Crippen LogP contribution in [0.1, 0.15) is 24.9 Å². The van der Waals surface area contributed by atoms with E-state index in [0.717, 1.165) is 22.1 Å². The molecule has 0 heterocycles. The number of nitrogens with zero attached hydrogens (tertiary/aromatic N) is 1. The van der Waals surface area contributed by atoms with Gasteiger partial charge >= 0.3 is 0 Å².